The van der Waals surface area contributed by atoms with E-state index < -0.39 is 70.3 Å². The van der Waals surface area contributed by atoms with Crippen LogP contribution in [0.1, 0.15) is 13.2 Å². The van der Waals surface area contributed by atoms with Crippen molar-refractivity contribution in [2.45, 2.75) is 31.0 Å². The maximum atomic E-state index is 14.6. The largest absolute Gasteiger partial charge is 0.490 e. The van der Waals surface area contributed by atoms with E-state index >= 15 is 0 Å². The van der Waals surface area contributed by atoms with Crippen molar-refractivity contribution in [1.29, 1.82) is 0 Å². The maximum absolute atomic E-state index is 14.6. The minimum atomic E-state index is -5.79. The molecule has 3 unspecified atom stereocenters. The zero-order chi connectivity index (χ0) is 24.0. The van der Waals surface area contributed by atoms with E-state index in [9.17, 15) is 37.3 Å². The van der Waals surface area contributed by atoms with E-state index in [1.165, 1.54) is 0 Å². The maximum Gasteiger partial charge on any atom is 0.490 e. The summed E-state index contributed by atoms with van der Waals surface area (Å²) in [5, 5.41) is 10.4. The number of hydrogen-bond donors (Lipinski definition) is 6. The van der Waals surface area contributed by atoms with Crippen molar-refractivity contribution < 1.29 is 65.0 Å². The summed E-state index contributed by atoms with van der Waals surface area (Å²) in [5.74, 6) is -1.35. The van der Waals surface area contributed by atoms with Gasteiger partial charge in [0.2, 0.25) is 5.82 Å². The van der Waals surface area contributed by atoms with E-state index in [1.807, 2.05) is 4.98 Å². The van der Waals surface area contributed by atoms with Crippen molar-refractivity contribution in [2.75, 3.05) is 6.61 Å². The second kappa shape index (κ2) is 8.91. The molecule has 0 amide bonds. The van der Waals surface area contributed by atoms with Crippen molar-refractivity contribution in [3.63, 3.8) is 0 Å². The average Bonchev–Trinajstić information content (AvgIpc) is 2.76. The number of nitrogens with one attached hydrogen (secondary N) is 1. The Morgan fingerprint density at radius 3 is 2.39 bits per heavy atom. The molecule has 0 aromatic carbocycles. The van der Waals surface area contributed by atoms with Crippen molar-refractivity contribution >= 4 is 35.7 Å². The molecule has 21 heteroatoms. The molecule has 178 valence electrons. The normalized spacial score (nSPS) is 30.6. The topological polar surface area (TPSA) is 227 Å². The fraction of sp³-hybridized carbons (Fsp3) is 0.600. The summed E-state index contributed by atoms with van der Waals surface area (Å²) in [7, 11) is -17.0. The summed E-state index contributed by atoms with van der Waals surface area (Å²) >= 11 is 4.80. The van der Waals surface area contributed by atoms with Gasteiger partial charge in [0, 0.05) is 0 Å². The number of aromatic nitrogens is 2. The number of hydrogen-bond acceptors (Lipinski definition) is 10. The van der Waals surface area contributed by atoms with Gasteiger partial charge >= 0.3 is 23.5 Å². The van der Waals surface area contributed by atoms with Gasteiger partial charge in [-0.15, -0.1) is 0 Å². The molecule has 1 saturated heterocycles. The van der Waals surface area contributed by atoms with Gasteiger partial charge in [-0.25, -0.2) is 18.1 Å². The number of nitrogens with zero attached hydrogens (tertiary/aromatic N) is 1. The van der Waals surface area contributed by atoms with Crippen LogP contribution in [0.5, 0.6) is 0 Å². The molecule has 1 aliphatic heterocycles. The highest BCUT2D eigenvalue weighted by Crippen LogP contribution is 2.66. The standard InChI is InChI=1S/C10H15F2N2O13P3S/c1-10(16)6(12)5(25-8(10)14-2-4(11)7(15)13-9(14)31)3-24-29(20,21)27-30(22,23)26-28(17,18)19/h2,5-6,8,16H,3H2,1H3,(H,20,21)(H,22,23)(H,13,15,31)(H2,17,18,19)/t5-,6+,8-,10?/m1/s1. The zero-order valence-corrected chi connectivity index (χ0v) is 18.5. The number of rotatable bonds is 8. The SMILES string of the molecule is CC1(O)[C@@H](F)[C@@H](COP(=O)(O)OP(=O)(O)OP(=O)(O)O)O[C@H]1n1cc(F)c(=O)[nH]c1=S. The molecule has 0 spiro atoms. The molecule has 0 radical (unpaired) electrons. The molecule has 1 aromatic heterocycles. The Kier molecular flexibility index (Phi) is 7.63. The molecule has 31 heavy (non-hydrogen) atoms. The van der Waals surface area contributed by atoms with Crippen LogP contribution in [0.3, 0.4) is 0 Å². The third-order valence-corrected chi connectivity index (χ3v) is 7.80. The predicted molar refractivity (Wildman–Crippen MR) is 95.1 cm³/mol. The van der Waals surface area contributed by atoms with Gasteiger partial charge in [0.25, 0.3) is 5.56 Å². The minimum absolute atomic E-state index is 0.461. The lowest BCUT2D eigenvalue weighted by atomic mass is 9.98. The van der Waals surface area contributed by atoms with E-state index in [0.717, 1.165) is 6.92 Å². The van der Waals surface area contributed by atoms with Crippen molar-refractivity contribution in [3.05, 3.63) is 27.1 Å². The van der Waals surface area contributed by atoms with Gasteiger partial charge in [-0.05, 0) is 19.1 Å². The molecular weight excluding hydrogens is 519 g/mol. The summed E-state index contributed by atoms with van der Waals surface area (Å²) in [5.41, 5.74) is -3.63. The van der Waals surface area contributed by atoms with Crippen molar-refractivity contribution in [2.24, 2.45) is 0 Å². The van der Waals surface area contributed by atoms with Gasteiger partial charge < -0.3 is 29.4 Å². The monoisotopic (exact) mass is 534 g/mol. The van der Waals surface area contributed by atoms with E-state index in [-0.39, 0.29) is 0 Å². The lowest BCUT2D eigenvalue weighted by Gasteiger charge is -2.27. The van der Waals surface area contributed by atoms with Crippen molar-refractivity contribution in [1.82, 2.24) is 9.55 Å². The lowest BCUT2D eigenvalue weighted by Crippen LogP contribution is -2.42. The van der Waals surface area contributed by atoms with Crippen molar-refractivity contribution in [3.8, 4) is 0 Å². The molecule has 2 rings (SSSR count). The number of phosphoric ester groups is 1. The van der Waals surface area contributed by atoms with Gasteiger partial charge in [0.05, 0.1) is 12.8 Å². The summed E-state index contributed by atoms with van der Waals surface area (Å²) in [6.45, 7) is -0.311. The minimum Gasteiger partial charge on any atom is -0.382 e. The van der Waals surface area contributed by atoms with Crippen LogP contribution in [0.2, 0.25) is 0 Å². The number of aromatic amines is 1. The predicted octanol–water partition coefficient (Wildman–Crippen LogP) is 0.375. The Labute approximate surface area is 175 Å². The van der Waals surface area contributed by atoms with Crippen LogP contribution in [0, 0.1) is 10.6 Å². The van der Waals surface area contributed by atoms with E-state index in [1.54, 1.807) is 0 Å². The van der Waals surface area contributed by atoms with Crippen LogP contribution in [-0.4, -0.2) is 58.7 Å². The van der Waals surface area contributed by atoms with Gasteiger partial charge in [-0.1, -0.05) is 0 Å². The van der Waals surface area contributed by atoms with E-state index in [0.29, 0.717) is 10.8 Å². The summed E-state index contributed by atoms with van der Waals surface area (Å²) in [6, 6.07) is 0. The van der Waals surface area contributed by atoms with Crippen LogP contribution < -0.4 is 5.56 Å². The molecule has 2 heterocycles. The van der Waals surface area contributed by atoms with Gasteiger partial charge in [-0.2, -0.15) is 13.0 Å². The number of alkyl halides is 1. The number of ether oxygens (including phenoxy) is 1. The van der Waals surface area contributed by atoms with Crippen LogP contribution in [0.25, 0.3) is 0 Å². The van der Waals surface area contributed by atoms with Gasteiger partial charge in [-0.3, -0.25) is 18.9 Å². The first-order chi connectivity index (χ1) is 13.8. The third-order valence-electron chi connectivity index (χ3n) is 3.68. The van der Waals surface area contributed by atoms with Crippen LogP contribution in [0.4, 0.5) is 8.78 Å². The Morgan fingerprint density at radius 2 is 1.84 bits per heavy atom. The molecule has 1 aromatic rings. The van der Waals surface area contributed by atoms with Crippen LogP contribution >= 0.6 is 35.7 Å². The summed E-state index contributed by atoms with van der Waals surface area (Å²) in [4.78, 5) is 48.5. The summed E-state index contributed by atoms with van der Waals surface area (Å²) in [6.07, 6.45) is -5.46. The van der Waals surface area contributed by atoms with Crippen LogP contribution in [0.15, 0.2) is 11.0 Å². The molecule has 1 fully saturated rings. The first-order valence-corrected chi connectivity index (χ1v) is 12.6. The molecule has 6 atom stereocenters. The smallest absolute Gasteiger partial charge is 0.382 e. The molecule has 1 aliphatic rings. The molecule has 0 aliphatic carbocycles. The van der Waals surface area contributed by atoms with Gasteiger partial charge in [0.1, 0.15) is 11.7 Å². The first-order valence-electron chi connectivity index (χ1n) is 7.66. The Bertz CT molecular complexity index is 1100. The first kappa shape index (κ1) is 26.5. The third kappa shape index (κ3) is 6.65. The number of aliphatic hydroxyl groups is 1. The molecule has 0 bridgehead atoms. The number of phosphoric acid groups is 3. The fourth-order valence-electron chi connectivity index (χ4n) is 2.46. The number of halogens is 2. The van der Waals surface area contributed by atoms with Crippen LogP contribution in [-0.2, 0) is 31.6 Å². The average molecular weight is 534 g/mol. The highest BCUT2D eigenvalue weighted by molar-refractivity contribution is 7.71. The fourth-order valence-corrected chi connectivity index (χ4v) is 5.73. The second-order valence-electron chi connectivity index (χ2n) is 6.18. The zero-order valence-electron chi connectivity index (χ0n) is 15.0. The highest BCUT2D eigenvalue weighted by atomic mass is 32.1. The van der Waals surface area contributed by atoms with Gasteiger partial charge in [0.15, 0.2) is 17.2 Å². The summed E-state index contributed by atoms with van der Waals surface area (Å²) < 4.78 is 78.4. The number of H-pyrrole nitrogens is 1. The van der Waals surface area contributed by atoms with E-state index in [4.69, 9.17) is 31.6 Å². The Hall–Kier alpha value is -0.710. The van der Waals surface area contributed by atoms with E-state index in [2.05, 4.69) is 13.1 Å². The Balaban J connectivity index is 2.17. The quantitative estimate of drug-likeness (QED) is 0.196. The molecular formula is C10H15F2N2O13P3S. The second-order valence-corrected chi connectivity index (χ2v) is 11.0. The molecule has 15 nitrogen and oxygen atoms in total. The molecule has 0 saturated carbocycles. The Morgan fingerprint density at radius 1 is 1.26 bits per heavy atom. The lowest BCUT2D eigenvalue weighted by molar-refractivity contribution is -0.0924. The highest BCUT2D eigenvalue weighted by Gasteiger charge is 2.55. The molecule has 6 N–H and O–H groups in total.